The molecule has 0 aliphatic carbocycles. The van der Waals surface area contributed by atoms with E-state index in [9.17, 15) is 18.0 Å². The average Bonchev–Trinajstić information content (AvgIpc) is 3.18. The molecule has 1 aromatic rings. The van der Waals surface area contributed by atoms with E-state index in [0.29, 0.717) is 32.4 Å². The van der Waals surface area contributed by atoms with Crippen LogP contribution in [0.1, 0.15) is 38.5 Å². The number of nitrogens with zero attached hydrogens (tertiary/aromatic N) is 2. The summed E-state index contributed by atoms with van der Waals surface area (Å²) in [7, 11) is -3.63. The number of likely N-dealkylation sites (tertiary alicyclic amines) is 1. The van der Waals surface area contributed by atoms with Crippen LogP contribution in [0.2, 0.25) is 0 Å². The van der Waals surface area contributed by atoms with E-state index in [1.807, 2.05) is 4.90 Å². The summed E-state index contributed by atoms with van der Waals surface area (Å²) in [4.78, 5) is 29.2. The van der Waals surface area contributed by atoms with Crippen molar-refractivity contribution in [2.75, 3.05) is 26.2 Å². The first kappa shape index (κ1) is 21.3. The van der Waals surface area contributed by atoms with Crippen molar-refractivity contribution in [2.24, 2.45) is 0 Å². The van der Waals surface area contributed by atoms with Crippen LogP contribution in [0.3, 0.4) is 0 Å². The minimum absolute atomic E-state index is 0.0488. The minimum atomic E-state index is -3.63. The van der Waals surface area contributed by atoms with Crippen molar-refractivity contribution in [2.45, 2.75) is 61.5 Å². The number of carbonyl (C=O) groups is 2. The van der Waals surface area contributed by atoms with Crippen LogP contribution in [0, 0.1) is 0 Å². The highest BCUT2D eigenvalue weighted by atomic mass is 32.2. The van der Waals surface area contributed by atoms with E-state index < -0.39 is 10.0 Å². The number of piperazine rings is 1. The van der Waals surface area contributed by atoms with Crippen LogP contribution in [0.25, 0.3) is 0 Å². The SMILES string of the molecule is O=C1NC[C@@H](CCC(=O)N2CCCCC2)N2C[C@H](NS(=O)(=O)c3ccccc3)C[C@@H]12. The lowest BCUT2D eigenvalue weighted by atomic mass is 10.0. The van der Waals surface area contributed by atoms with Gasteiger partial charge in [-0.15, -0.1) is 0 Å². The second-order valence-electron chi connectivity index (χ2n) is 8.46. The topological polar surface area (TPSA) is 98.8 Å². The van der Waals surface area contributed by atoms with Crippen LogP contribution in [0.15, 0.2) is 35.2 Å². The number of piperidine rings is 1. The van der Waals surface area contributed by atoms with Gasteiger partial charge in [0.15, 0.2) is 0 Å². The molecule has 8 nitrogen and oxygen atoms in total. The second-order valence-corrected chi connectivity index (χ2v) is 10.2. The predicted octanol–water partition coefficient (Wildman–Crippen LogP) is 0.699. The number of rotatable bonds is 6. The number of hydrogen-bond acceptors (Lipinski definition) is 5. The summed E-state index contributed by atoms with van der Waals surface area (Å²) in [5.74, 6) is 0.124. The fourth-order valence-electron chi connectivity index (χ4n) is 4.81. The van der Waals surface area contributed by atoms with E-state index in [1.54, 1.807) is 30.3 Å². The van der Waals surface area contributed by atoms with Crippen LogP contribution < -0.4 is 10.0 Å². The molecule has 1 aromatic carbocycles. The summed E-state index contributed by atoms with van der Waals surface area (Å²) < 4.78 is 28.1. The standard InChI is InChI=1S/C21H30N4O4S/c26-20(24-11-5-2-6-12-24)10-9-17-14-22-21(27)19-13-16(15-25(17)19)23-30(28,29)18-7-3-1-4-8-18/h1,3-4,7-8,16-17,19,23H,2,5-6,9-15H2,(H,22,27)/t16-,17-,19+/m1/s1. The van der Waals surface area contributed by atoms with Gasteiger partial charge >= 0.3 is 0 Å². The van der Waals surface area contributed by atoms with Crippen LogP contribution in [-0.4, -0.2) is 74.3 Å². The smallest absolute Gasteiger partial charge is 0.240 e. The van der Waals surface area contributed by atoms with Crippen molar-refractivity contribution in [3.05, 3.63) is 30.3 Å². The summed E-state index contributed by atoms with van der Waals surface area (Å²) in [6, 6.07) is 7.65. The van der Waals surface area contributed by atoms with Gasteiger partial charge in [0, 0.05) is 44.7 Å². The maximum absolute atomic E-state index is 12.7. The molecule has 0 bridgehead atoms. The second kappa shape index (κ2) is 9.03. The van der Waals surface area contributed by atoms with Gasteiger partial charge in [0.1, 0.15) is 0 Å². The van der Waals surface area contributed by atoms with E-state index in [0.717, 1.165) is 25.9 Å². The zero-order chi connectivity index (χ0) is 21.1. The normalized spacial score (nSPS) is 27.5. The summed E-state index contributed by atoms with van der Waals surface area (Å²) in [6.07, 6.45) is 4.91. The van der Waals surface area contributed by atoms with E-state index in [-0.39, 0.29) is 34.8 Å². The number of hydrogen-bond donors (Lipinski definition) is 2. The Hall–Kier alpha value is -1.97. The van der Waals surface area contributed by atoms with Crippen molar-refractivity contribution in [3.8, 4) is 0 Å². The number of amides is 2. The lowest BCUT2D eigenvalue weighted by molar-refractivity contribution is -0.133. The molecule has 0 saturated carbocycles. The van der Waals surface area contributed by atoms with Crippen molar-refractivity contribution in [3.63, 3.8) is 0 Å². The van der Waals surface area contributed by atoms with Gasteiger partial charge in [-0.3, -0.25) is 14.5 Å². The fraction of sp³-hybridized carbons (Fsp3) is 0.619. The summed E-state index contributed by atoms with van der Waals surface area (Å²) in [5, 5.41) is 2.94. The molecule has 0 aromatic heterocycles. The Balaban J connectivity index is 1.37. The first-order chi connectivity index (χ1) is 14.4. The molecule has 9 heteroatoms. The van der Waals surface area contributed by atoms with E-state index in [1.165, 1.54) is 6.42 Å². The maximum Gasteiger partial charge on any atom is 0.240 e. The zero-order valence-electron chi connectivity index (χ0n) is 17.1. The Bertz CT molecular complexity index is 870. The third-order valence-electron chi connectivity index (χ3n) is 6.40. The Kier molecular flexibility index (Phi) is 6.40. The van der Waals surface area contributed by atoms with E-state index in [4.69, 9.17) is 0 Å². The molecule has 4 rings (SSSR count). The molecule has 0 spiro atoms. The van der Waals surface area contributed by atoms with Crippen molar-refractivity contribution in [1.82, 2.24) is 19.8 Å². The zero-order valence-corrected chi connectivity index (χ0v) is 17.9. The molecule has 0 radical (unpaired) electrons. The predicted molar refractivity (Wildman–Crippen MR) is 112 cm³/mol. The lowest BCUT2D eigenvalue weighted by Crippen LogP contribution is -2.58. The summed E-state index contributed by atoms with van der Waals surface area (Å²) in [6.45, 7) is 2.67. The third kappa shape index (κ3) is 4.68. The largest absolute Gasteiger partial charge is 0.353 e. The van der Waals surface area contributed by atoms with Crippen LogP contribution in [0.5, 0.6) is 0 Å². The van der Waals surface area contributed by atoms with Crippen molar-refractivity contribution < 1.29 is 18.0 Å². The van der Waals surface area contributed by atoms with Gasteiger partial charge < -0.3 is 10.2 Å². The molecule has 3 aliphatic heterocycles. The monoisotopic (exact) mass is 434 g/mol. The number of benzene rings is 1. The highest BCUT2D eigenvalue weighted by Crippen LogP contribution is 2.27. The summed E-state index contributed by atoms with van der Waals surface area (Å²) >= 11 is 0. The molecule has 2 N–H and O–H groups in total. The third-order valence-corrected chi connectivity index (χ3v) is 7.93. The van der Waals surface area contributed by atoms with Gasteiger partial charge in [0.25, 0.3) is 0 Å². The maximum atomic E-state index is 12.7. The highest BCUT2D eigenvalue weighted by molar-refractivity contribution is 7.89. The molecule has 3 fully saturated rings. The van der Waals surface area contributed by atoms with Gasteiger partial charge in [-0.1, -0.05) is 18.2 Å². The molecule has 3 atom stereocenters. The Labute approximate surface area is 178 Å². The van der Waals surface area contributed by atoms with Gasteiger partial charge in [-0.25, -0.2) is 13.1 Å². The number of sulfonamides is 1. The number of carbonyl (C=O) groups excluding carboxylic acids is 2. The molecule has 164 valence electrons. The van der Waals surface area contributed by atoms with Gasteiger partial charge in [0.2, 0.25) is 21.8 Å². The van der Waals surface area contributed by atoms with Gasteiger partial charge in [-0.05, 0) is 44.2 Å². The van der Waals surface area contributed by atoms with Crippen LogP contribution >= 0.6 is 0 Å². The first-order valence-electron chi connectivity index (χ1n) is 10.8. The van der Waals surface area contributed by atoms with E-state index in [2.05, 4.69) is 14.9 Å². The summed E-state index contributed by atoms with van der Waals surface area (Å²) in [5.41, 5.74) is 0. The molecule has 3 aliphatic rings. The Morgan fingerprint density at radius 2 is 1.87 bits per heavy atom. The lowest BCUT2D eigenvalue weighted by Gasteiger charge is -2.37. The van der Waals surface area contributed by atoms with E-state index >= 15 is 0 Å². The number of nitrogens with one attached hydrogen (secondary N) is 2. The quantitative estimate of drug-likeness (QED) is 0.687. The molecule has 0 unspecified atom stereocenters. The fourth-order valence-corrected chi connectivity index (χ4v) is 6.07. The Morgan fingerprint density at radius 3 is 2.60 bits per heavy atom. The van der Waals surface area contributed by atoms with Gasteiger partial charge in [0.05, 0.1) is 10.9 Å². The van der Waals surface area contributed by atoms with Crippen molar-refractivity contribution in [1.29, 1.82) is 0 Å². The molecular weight excluding hydrogens is 404 g/mol. The van der Waals surface area contributed by atoms with Crippen LogP contribution in [0.4, 0.5) is 0 Å². The molecule has 3 saturated heterocycles. The number of fused-ring (bicyclic) bond motifs is 1. The molecule has 30 heavy (non-hydrogen) atoms. The molecular formula is C21H30N4O4S. The van der Waals surface area contributed by atoms with Crippen molar-refractivity contribution >= 4 is 21.8 Å². The molecule has 2 amide bonds. The molecule has 3 heterocycles. The Morgan fingerprint density at radius 1 is 1.13 bits per heavy atom. The van der Waals surface area contributed by atoms with Crippen LogP contribution in [-0.2, 0) is 19.6 Å². The minimum Gasteiger partial charge on any atom is -0.353 e. The average molecular weight is 435 g/mol. The first-order valence-corrected chi connectivity index (χ1v) is 12.3. The van der Waals surface area contributed by atoms with Gasteiger partial charge in [-0.2, -0.15) is 0 Å². The highest BCUT2D eigenvalue weighted by Gasteiger charge is 2.44.